The van der Waals surface area contributed by atoms with Crippen molar-refractivity contribution >= 4 is 23.2 Å². The second kappa shape index (κ2) is 7.53. The predicted octanol–water partition coefficient (Wildman–Crippen LogP) is 2.08. The largest absolute Gasteiger partial charge is 0.351 e. The second-order valence-corrected chi connectivity index (χ2v) is 6.88. The van der Waals surface area contributed by atoms with E-state index >= 15 is 0 Å². The Kier molecular flexibility index (Phi) is 5.20. The molecule has 2 aromatic heterocycles. The number of likely N-dealkylation sites (tertiary alicyclic amines) is 1. The van der Waals surface area contributed by atoms with Gasteiger partial charge in [-0.25, -0.2) is 0 Å². The summed E-state index contributed by atoms with van der Waals surface area (Å²) in [6.07, 6.45) is 5.67. The second-order valence-electron chi connectivity index (χ2n) is 5.85. The van der Waals surface area contributed by atoms with Crippen LogP contribution in [0.25, 0.3) is 0 Å². The van der Waals surface area contributed by atoms with Crippen LogP contribution in [0.1, 0.15) is 42.1 Å². The van der Waals surface area contributed by atoms with Gasteiger partial charge in [0.05, 0.1) is 42.8 Å². The molecule has 0 radical (unpaired) electrons. The van der Waals surface area contributed by atoms with Crippen molar-refractivity contribution in [1.82, 2.24) is 20.2 Å². The molecule has 2 aromatic rings. The van der Waals surface area contributed by atoms with Crippen molar-refractivity contribution in [2.45, 2.75) is 38.8 Å². The van der Waals surface area contributed by atoms with Gasteiger partial charge in [-0.1, -0.05) is 6.07 Å². The van der Waals surface area contributed by atoms with Gasteiger partial charge in [0.25, 0.3) is 0 Å². The van der Waals surface area contributed by atoms with E-state index in [1.165, 1.54) is 6.92 Å². The molecule has 3 heterocycles. The number of aromatic nitrogens is 2. The fourth-order valence-electron chi connectivity index (χ4n) is 2.92. The molecule has 6 nitrogen and oxygen atoms in total. The summed E-state index contributed by atoms with van der Waals surface area (Å²) < 4.78 is 0. The van der Waals surface area contributed by atoms with Gasteiger partial charge in [0.1, 0.15) is 0 Å². The third kappa shape index (κ3) is 3.97. The summed E-state index contributed by atoms with van der Waals surface area (Å²) in [7, 11) is 0. The molecular formula is C17H20N4O2S. The van der Waals surface area contributed by atoms with E-state index in [-0.39, 0.29) is 17.9 Å². The Labute approximate surface area is 144 Å². The van der Waals surface area contributed by atoms with Gasteiger partial charge in [-0.05, 0) is 24.3 Å². The molecule has 0 spiro atoms. The molecule has 1 saturated heterocycles. The maximum absolute atomic E-state index is 12.6. The number of amides is 2. The van der Waals surface area contributed by atoms with Crippen molar-refractivity contribution in [3.8, 4) is 0 Å². The highest BCUT2D eigenvalue weighted by Crippen LogP contribution is 2.31. The van der Waals surface area contributed by atoms with Gasteiger partial charge in [0.15, 0.2) is 0 Å². The lowest BCUT2D eigenvalue weighted by Crippen LogP contribution is -2.32. The average molecular weight is 344 g/mol. The molecule has 0 unspecified atom stereocenters. The first-order chi connectivity index (χ1) is 11.6. The van der Waals surface area contributed by atoms with Gasteiger partial charge in [-0.15, -0.1) is 11.3 Å². The number of carbonyl (C=O) groups excluding carboxylic acids is 2. The third-order valence-electron chi connectivity index (χ3n) is 4.04. The van der Waals surface area contributed by atoms with E-state index in [4.69, 9.17) is 0 Å². The molecule has 0 saturated carbocycles. The van der Waals surface area contributed by atoms with Crippen LogP contribution < -0.4 is 5.32 Å². The Bertz CT molecular complexity index is 717. The molecule has 1 fully saturated rings. The van der Waals surface area contributed by atoms with Crippen LogP contribution in [0.3, 0.4) is 0 Å². The number of nitrogens with zero attached hydrogens (tertiary/aromatic N) is 3. The van der Waals surface area contributed by atoms with Crippen LogP contribution in [0.5, 0.6) is 0 Å². The van der Waals surface area contributed by atoms with E-state index < -0.39 is 0 Å². The Morgan fingerprint density at radius 1 is 1.42 bits per heavy atom. The quantitative estimate of drug-likeness (QED) is 0.901. The summed E-state index contributed by atoms with van der Waals surface area (Å²) in [5.74, 6) is 0.0323. The number of hydrogen-bond donors (Lipinski definition) is 1. The van der Waals surface area contributed by atoms with E-state index in [0.29, 0.717) is 18.7 Å². The summed E-state index contributed by atoms with van der Waals surface area (Å²) in [5, 5.41) is 4.71. The number of hydrogen-bond acceptors (Lipinski definition) is 5. The highest BCUT2D eigenvalue weighted by atomic mass is 32.1. The average Bonchev–Trinajstić information content (AvgIpc) is 3.24. The molecule has 1 N–H and O–H groups in total. The summed E-state index contributed by atoms with van der Waals surface area (Å²) >= 11 is 1.60. The van der Waals surface area contributed by atoms with Crippen molar-refractivity contribution < 1.29 is 9.59 Å². The fourth-order valence-corrected chi connectivity index (χ4v) is 3.62. The zero-order valence-corrected chi connectivity index (χ0v) is 14.4. The van der Waals surface area contributed by atoms with Crippen LogP contribution >= 0.6 is 11.3 Å². The smallest absolute Gasteiger partial charge is 0.228 e. The molecule has 1 atom stereocenters. The third-order valence-corrected chi connectivity index (χ3v) is 4.92. The number of carbonyl (C=O) groups is 2. The van der Waals surface area contributed by atoms with Crippen LogP contribution in [0.4, 0.5) is 0 Å². The normalized spacial score (nSPS) is 17.0. The molecule has 1 aliphatic rings. The Morgan fingerprint density at radius 2 is 2.29 bits per heavy atom. The Balaban J connectivity index is 1.71. The van der Waals surface area contributed by atoms with Crippen LogP contribution in [-0.2, 0) is 22.6 Å². The number of thiophene rings is 1. The molecule has 3 rings (SSSR count). The Hall–Kier alpha value is -2.28. The molecular weight excluding hydrogens is 324 g/mol. The van der Waals surface area contributed by atoms with Crippen LogP contribution in [-0.4, -0.2) is 33.2 Å². The lowest BCUT2D eigenvalue weighted by atomic mass is 10.1. The van der Waals surface area contributed by atoms with Gasteiger partial charge in [0.2, 0.25) is 11.8 Å². The lowest BCUT2D eigenvalue weighted by molar-refractivity contribution is -0.131. The van der Waals surface area contributed by atoms with Gasteiger partial charge >= 0.3 is 0 Å². The minimum Gasteiger partial charge on any atom is -0.351 e. The monoisotopic (exact) mass is 344 g/mol. The number of rotatable bonds is 5. The highest BCUT2D eigenvalue weighted by Gasteiger charge is 2.31. The first kappa shape index (κ1) is 16.6. The van der Waals surface area contributed by atoms with Crippen molar-refractivity contribution in [3.05, 3.63) is 46.2 Å². The van der Waals surface area contributed by atoms with Gasteiger partial charge in [-0.3, -0.25) is 19.6 Å². The molecule has 2 amide bonds. The van der Waals surface area contributed by atoms with Gasteiger partial charge in [0, 0.05) is 18.3 Å². The highest BCUT2D eigenvalue weighted by molar-refractivity contribution is 7.10. The molecule has 0 aromatic carbocycles. The maximum atomic E-state index is 12.6. The van der Waals surface area contributed by atoms with E-state index in [9.17, 15) is 9.59 Å². The van der Waals surface area contributed by atoms with Crippen molar-refractivity contribution in [2.75, 3.05) is 6.54 Å². The summed E-state index contributed by atoms with van der Waals surface area (Å²) in [6, 6.07) is 3.93. The fraction of sp³-hybridized carbons (Fsp3) is 0.412. The zero-order chi connectivity index (χ0) is 16.9. The van der Waals surface area contributed by atoms with E-state index in [2.05, 4.69) is 15.3 Å². The van der Waals surface area contributed by atoms with Crippen LogP contribution in [0.15, 0.2) is 29.9 Å². The minimum atomic E-state index is -0.101. The zero-order valence-electron chi connectivity index (χ0n) is 13.6. The molecule has 24 heavy (non-hydrogen) atoms. The Morgan fingerprint density at radius 3 is 3.04 bits per heavy atom. The summed E-state index contributed by atoms with van der Waals surface area (Å²) in [4.78, 5) is 35.5. The molecule has 0 bridgehead atoms. The summed E-state index contributed by atoms with van der Waals surface area (Å²) in [6.45, 7) is 2.58. The van der Waals surface area contributed by atoms with E-state index in [1.807, 2.05) is 22.4 Å². The standard InChI is InChI=1S/C17H20N4O2S/c1-12(22)19-10-13-9-18-11-15(20-13)16-5-2-6-21(16)17(23)8-14-4-3-7-24-14/h3-4,7,9,11,16H,2,5-6,8,10H2,1H3,(H,19,22)/t16-/m0/s1. The van der Waals surface area contributed by atoms with Crippen molar-refractivity contribution in [1.29, 1.82) is 0 Å². The number of nitrogens with one attached hydrogen (secondary N) is 1. The van der Waals surface area contributed by atoms with Crippen molar-refractivity contribution in [3.63, 3.8) is 0 Å². The maximum Gasteiger partial charge on any atom is 0.228 e. The van der Waals surface area contributed by atoms with Crippen molar-refractivity contribution in [2.24, 2.45) is 0 Å². The topological polar surface area (TPSA) is 75.2 Å². The molecule has 0 aliphatic carbocycles. The lowest BCUT2D eigenvalue weighted by Gasteiger charge is -2.24. The van der Waals surface area contributed by atoms with Crippen LogP contribution in [0, 0.1) is 0 Å². The first-order valence-electron chi connectivity index (χ1n) is 8.00. The molecule has 1 aliphatic heterocycles. The SMILES string of the molecule is CC(=O)NCc1cncc([C@@H]2CCCN2C(=O)Cc2cccs2)n1. The van der Waals surface area contributed by atoms with Crippen LogP contribution in [0.2, 0.25) is 0 Å². The summed E-state index contributed by atoms with van der Waals surface area (Å²) in [5.41, 5.74) is 1.51. The molecule has 126 valence electrons. The minimum absolute atomic E-state index is 0.0257. The molecule has 7 heteroatoms. The van der Waals surface area contributed by atoms with E-state index in [0.717, 1.165) is 30.0 Å². The van der Waals surface area contributed by atoms with Gasteiger partial charge < -0.3 is 10.2 Å². The predicted molar refractivity (Wildman–Crippen MR) is 91.3 cm³/mol. The first-order valence-corrected chi connectivity index (χ1v) is 8.88. The van der Waals surface area contributed by atoms with Gasteiger partial charge in [-0.2, -0.15) is 0 Å². The van der Waals surface area contributed by atoms with E-state index in [1.54, 1.807) is 23.7 Å².